The number of benzene rings is 1. The summed E-state index contributed by atoms with van der Waals surface area (Å²) in [6.07, 6.45) is 2.16. The van der Waals surface area contributed by atoms with E-state index < -0.39 is 0 Å². The van der Waals surface area contributed by atoms with E-state index >= 15 is 0 Å². The van der Waals surface area contributed by atoms with Crippen molar-refractivity contribution in [2.24, 2.45) is 5.73 Å². The third kappa shape index (κ3) is 1.32. The van der Waals surface area contributed by atoms with Crippen molar-refractivity contribution in [2.75, 3.05) is 5.32 Å². The van der Waals surface area contributed by atoms with Crippen LogP contribution in [-0.4, -0.2) is 0 Å². The molecule has 1 aromatic carbocycles. The maximum atomic E-state index is 6.00. The Morgan fingerprint density at radius 2 is 2.00 bits per heavy atom. The molecule has 0 unspecified atom stereocenters. The maximum absolute atomic E-state index is 6.00. The van der Waals surface area contributed by atoms with Gasteiger partial charge in [-0.2, -0.15) is 0 Å². The molecule has 2 heterocycles. The fourth-order valence-electron chi connectivity index (χ4n) is 1.76. The summed E-state index contributed by atoms with van der Waals surface area (Å²) in [5, 5.41) is 6.49. The van der Waals surface area contributed by atoms with E-state index in [1.54, 1.807) is 11.3 Å². The van der Waals surface area contributed by atoms with Gasteiger partial charge in [-0.1, -0.05) is 18.2 Å². The molecule has 74 valence electrons. The van der Waals surface area contributed by atoms with Crippen molar-refractivity contribution in [3.63, 3.8) is 0 Å². The Bertz CT molecular complexity index is 625. The van der Waals surface area contributed by atoms with Crippen molar-refractivity contribution in [3.8, 4) is 0 Å². The number of hydrogen-bond acceptors (Lipinski definition) is 3. The Hall–Kier alpha value is -1.74. The van der Waals surface area contributed by atoms with Gasteiger partial charge in [0.05, 0.1) is 4.53 Å². The fraction of sp³-hybridized carbons (Fsp3) is 0. The van der Waals surface area contributed by atoms with Crippen molar-refractivity contribution in [1.82, 2.24) is 0 Å². The van der Waals surface area contributed by atoms with Crippen LogP contribution in [0.5, 0.6) is 0 Å². The molecule has 1 aliphatic heterocycles. The summed E-state index contributed by atoms with van der Waals surface area (Å²) in [6, 6.07) is 10.3. The standard InChI is InChI=1S/C12H10N2S/c13-12-11-9(5-6-15-11)7-8-3-1-2-4-10(8)14-12/h1-7,14H,13H2. The van der Waals surface area contributed by atoms with Crippen molar-refractivity contribution < 1.29 is 0 Å². The predicted molar refractivity (Wildman–Crippen MR) is 64.8 cm³/mol. The Morgan fingerprint density at radius 1 is 1.13 bits per heavy atom. The molecule has 0 amide bonds. The van der Waals surface area contributed by atoms with E-state index in [1.165, 1.54) is 10.8 Å². The number of hydrogen-bond donors (Lipinski definition) is 2. The minimum Gasteiger partial charge on any atom is -0.384 e. The lowest BCUT2D eigenvalue weighted by Crippen LogP contribution is -2.26. The van der Waals surface area contributed by atoms with Crippen molar-refractivity contribution in [3.05, 3.63) is 51.0 Å². The molecule has 3 heteroatoms. The Labute approximate surface area is 91.4 Å². The lowest BCUT2D eigenvalue weighted by atomic mass is 10.1. The summed E-state index contributed by atoms with van der Waals surface area (Å²) in [4.78, 5) is 0. The van der Waals surface area contributed by atoms with Crippen LogP contribution in [-0.2, 0) is 0 Å². The summed E-state index contributed by atoms with van der Waals surface area (Å²) < 4.78 is 1.12. The van der Waals surface area contributed by atoms with Gasteiger partial charge >= 0.3 is 0 Å². The van der Waals surface area contributed by atoms with E-state index in [0.29, 0.717) is 0 Å². The van der Waals surface area contributed by atoms with Crippen LogP contribution in [0.15, 0.2) is 35.7 Å². The van der Waals surface area contributed by atoms with Crippen LogP contribution in [0.2, 0.25) is 0 Å². The highest BCUT2D eigenvalue weighted by Gasteiger charge is 2.05. The number of rotatable bonds is 0. The van der Waals surface area contributed by atoms with E-state index in [9.17, 15) is 0 Å². The number of anilines is 1. The van der Waals surface area contributed by atoms with Crippen LogP contribution in [0.3, 0.4) is 0 Å². The van der Waals surface area contributed by atoms with E-state index in [1.807, 2.05) is 18.2 Å². The molecule has 2 aromatic rings. The summed E-state index contributed by atoms with van der Waals surface area (Å²) in [5.41, 5.74) is 8.25. The largest absolute Gasteiger partial charge is 0.384 e. The number of nitrogens with two attached hydrogens (primary N) is 1. The molecule has 0 aliphatic carbocycles. The maximum Gasteiger partial charge on any atom is 0.119 e. The SMILES string of the molecule is NC1=c2sccc2=Cc2ccccc2N1. The first-order chi connectivity index (χ1) is 7.34. The molecule has 3 N–H and O–H groups in total. The smallest absolute Gasteiger partial charge is 0.119 e. The lowest BCUT2D eigenvalue weighted by Gasteiger charge is -2.06. The highest BCUT2D eigenvalue weighted by Crippen LogP contribution is 2.17. The average Bonchev–Trinajstić information content (AvgIpc) is 2.64. The molecule has 2 nitrogen and oxygen atoms in total. The molecule has 1 aromatic heterocycles. The zero-order valence-corrected chi connectivity index (χ0v) is 8.84. The molecule has 0 fully saturated rings. The zero-order valence-electron chi connectivity index (χ0n) is 8.03. The number of para-hydroxylation sites is 1. The van der Waals surface area contributed by atoms with Crippen LogP contribution in [0.4, 0.5) is 5.69 Å². The number of thiophene rings is 1. The van der Waals surface area contributed by atoms with E-state index in [0.717, 1.165) is 16.0 Å². The van der Waals surface area contributed by atoms with Crippen LogP contribution in [0.25, 0.3) is 11.9 Å². The lowest BCUT2D eigenvalue weighted by molar-refractivity contribution is 1.47. The highest BCUT2D eigenvalue weighted by atomic mass is 32.1. The normalized spacial score (nSPS) is 13.2. The second-order valence-corrected chi connectivity index (χ2v) is 4.39. The summed E-state index contributed by atoms with van der Waals surface area (Å²) in [5.74, 6) is 0.737. The molecule has 0 atom stereocenters. The molecule has 3 rings (SSSR count). The third-order valence-electron chi connectivity index (χ3n) is 2.48. The summed E-state index contributed by atoms with van der Waals surface area (Å²) in [7, 11) is 0. The van der Waals surface area contributed by atoms with Crippen LogP contribution >= 0.6 is 11.3 Å². The molecule has 1 aliphatic rings. The van der Waals surface area contributed by atoms with Gasteiger partial charge in [0, 0.05) is 5.69 Å². The van der Waals surface area contributed by atoms with Gasteiger partial charge in [-0.05, 0) is 34.4 Å². The van der Waals surface area contributed by atoms with Crippen molar-refractivity contribution >= 4 is 28.9 Å². The highest BCUT2D eigenvalue weighted by molar-refractivity contribution is 7.07. The van der Waals surface area contributed by atoms with Gasteiger partial charge in [-0.3, -0.25) is 0 Å². The van der Waals surface area contributed by atoms with Crippen LogP contribution in [0, 0.1) is 0 Å². The van der Waals surface area contributed by atoms with Gasteiger partial charge < -0.3 is 11.1 Å². The topological polar surface area (TPSA) is 38.0 Å². The van der Waals surface area contributed by atoms with Crippen LogP contribution < -0.4 is 20.8 Å². The molecule has 0 saturated carbocycles. The Morgan fingerprint density at radius 3 is 2.93 bits per heavy atom. The molecule has 15 heavy (non-hydrogen) atoms. The minimum atomic E-state index is 0.737. The van der Waals surface area contributed by atoms with Crippen molar-refractivity contribution in [2.45, 2.75) is 0 Å². The van der Waals surface area contributed by atoms with Gasteiger partial charge in [-0.15, -0.1) is 11.3 Å². The first-order valence-electron chi connectivity index (χ1n) is 4.76. The second-order valence-electron chi connectivity index (χ2n) is 3.48. The van der Waals surface area contributed by atoms with Gasteiger partial charge in [0.15, 0.2) is 0 Å². The summed E-state index contributed by atoms with van der Waals surface area (Å²) >= 11 is 1.66. The van der Waals surface area contributed by atoms with Crippen LogP contribution in [0.1, 0.15) is 5.56 Å². The monoisotopic (exact) mass is 214 g/mol. The first kappa shape index (κ1) is 8.56. The van der Waals surface area contributed by atoms with Crippen molar-refractivity contribution in [1.29, 1.82) is 0 Å². The zero-order chi connectivity index (χ0) is 10.3. The third-order valence-corrected chi connectivity index (χ3v) is 3.44. The predicted octanol–water partition coefficient (Wildman–Crippen LogP) is 1.03. The average molecular weight is 214 g/mol. The van der Waals surface area contributed by atoms with Gasteiger partial charge in [0.1, 0.15) is 5.82 Å². The van der Waals surface area contributed by atoms with Gasteiger partial charge in [0.25, 0.3) is 0 Å². The molecule has 0 saturated heterocycles. The van der Waals surface area contributed by atoms with Gasteiger partial charge in [-0.25, -0.2) is 0 Å². The molecular formula is C12H10N2S. The van der Waals surface area contributed by atoms with E-state index in [-0.39, 0.29) is 0 Å². The molecule has 0 radical (unpaired) electrons. The Kier molecular flexibility index (Phi) is 1.79. The van der Waals surface area contributed by atoms with E-state index in [4.69, 9.17) is 5.73 Å². The molecular weight excluding hydrogens is 204 g/mol. The number of fused-ring (bicyclic) bond motifs is 2. The summed E-state index contributed by atoms with van der Waals surface area (Å²) in [6.45, 7) is 0. The van der Waals surface area contributed by atoms with E-state index in [2.05, 4.69) is 28.9 Å². The second kappa shape index (κ2) is 3.14. The quantitative estimate of drug-likeness (QED) is 0.687. The molecule has 0 spiro atoms. The molecule has 0 bridgehead atoms. The minimum absolute atomic E-state index is 0.737. The number of nitrogens with one attached hydrogen (secondary N) is 1. The first-order valence-corrected chi connectivity index (χ1v) is 5.63. The fourth-order valence-corrected chi connectivity index (χ4v) is 2.55. The Balaban J connectivity index is 2.40. The van der Waals surface area contributed by atoms with Gasteiger partial charge in [0.2, 0.25) is 0 Å².